The molecule has 8 heteroatoms. The Morgan fingerprint density at radius 1 is 1.45 bits per heavy atom. The average Bonchev–Trinajstić information content (AvgIpc) is 2.86. The second-order valence-corrected chi connectivity index (χ2v) is 5.08. The molecule has 1 aromatic heterocycles. The molecule has 1 heterocycles. The maximum Gasteiger partial charge on any atom is 0.309 e. The van der Waals surface area contributed by atoms with Gasteiger partial charge in [-0.3, -0.25) is 19.6 Å². The van der Waals surface area contributed by atoms with Crippen molar-refractivity contribution in [2.24, 2.45) is 0 Å². The zero-order valence-corrected chi connectivity index (χ0v) is 13.5. The summed E-state index contributed by atoms with van der Waals surface area (Å²) < 4.78 is 1.49. The number of rotatable bonds is 10. The van der Waals surface area contributed by atoms with Crippen LogP contribution in [0.5, 0.6) is 0 Å². The van der Waals surface area contributed by atoms with Crippen LogP contribution in [-0.2, 0) is 11.3 Å². The lowest BCUT2D eigenvalue weighted by Crippen LogP contribution is -2.30. The van der Waals surface area contributed by atoms with Crippen LogP contribution in [-0.4, -0.2) is 51.7 Å². The standard InChI is InChI=1S/C14H25N5O3/c1-4-17(5-2)9-6-8-15-14(20)7-10-18-12(3)13(11-16-18)19(21)22/h11H,4-10H2,1-3H3,(H,15,20). The van der Waals surface area contributed by atoms with Crippen molar-refractivity contribution in [2.75, 3.05) is 26.2 Å². The highest BCUT2D eigenvalue weighted by atomic mass is 16.6. The Kier molecular flexibility index (Phi) is 7.51. The quantitative estimate of drug-likeness (QED) is 0.400. The summed E-state index contributed by atoms with van der Waals surface area (Å²) in [7, 11) is 0. The lowest BCUT2D eigenvalue weighted by atomic mass is 10.3. The molecule has 1 amide bonds. The third kappa shape index (κ3) is 5.44. The van der Waals surface area contributed by atoms with Gasteiger partial charge in [0, 0.05) is 13.0 Å². The van der Waals surface area contributed by atoms with Crippen molar-refractivity contribution in [3.05, 3.63) is 22.0 Å². The van der Waals surface area contributed by atoms with E-state index in [-0.39, 0.29) is 18.0 Å². The van der Waals surface area contributed by atoms with Crippen LogP contribution in [0.15, 0.2) is 6.20 Å². The molecule has 1 aromatic rings. The van der Waals surface area contributed by atoms with Crippen molar-refractivity contribution in [1.29, 1.82) is 0 Å². The van der Waals surface area contributed by atoms with E-state index in [1.165, 1.54) is 10.9 Å². The first-order valence-electron chi connectivity index (χ1n) is 7.65. The normalized spacial score (nSPS) is 10.9. The molecule has 0 spiro atoms. The Balaban J connectivity index is 2.27. The van der Waals surface area contributed by atoms with Crippen LogP contribution < -0.4 is 5.32 Å². The highest BCUT2D eigenvalue weighted by Crippen LogP contribution is 2.16. The van der Waals surface area contributed by atoms with Gasteiger partial charge in [0.1, 0.15) is 11.9 Å². The smallest absolute Gasteiger partial charge is 0.309 e. The van der Waals surface area contributed by atoms with E-state index in [0.717, 1.165) is 26.1 Å². The van der Waals surface area contributed by atoms with Gasteiger partial charge in [-0.2, -0.15) is 5.10 Å². The number of hydrogen-bond acceptors (Lipinski definition) is 5. The molecule has 0 unspecified atom stereocenters. The molecule has 22 heavy (non-hydrogen) atoms. The van der Waals surface area contributed by atoms with Gasteiger partial charge in [-0.05, 0) is 33.0 Å². The number of hydrogen-bond donors (Lipinski definition) is 1. The fourth-order valence-electron chi connectivity index (χ4n) is 2.21. The van der Waals surface area contributed by atoms with Crippen molar-refractivity contribution in [2.45, 2.75) is 40.2 Å². The Morgan fingerprint density at radius 2 is 2.14 bits per heavy atom. The van der Waals surface area contributed by atoms with Crippen LogP contribution in [0.4, 0.5) is 5.69 Å². The molecule has 0 aromatic carbocycles. The van der Waals surface area contributed by atoms with Crippen LogP contribution in [0, 0.1) is 17.0 Å². The Bertz CT molecular complexity index is 497. The molecule has 0 atom stereocenters. The average molecular weight is 311 g/mol. The first-order chi connectivity index (χ1) is 10.5. The second-order valence-electron chi connectivity index (χ2n) is 5.08. The molecular formula is C14H25N5O3. The predicted molar refractivity (Wildman–Crippen MR) is 83.7 cm³/mol. The highest BCUT2D eigenvalue weighted by Gasteiger charge is 2.16. The van der Waals surface area contributed by atoms with Gasteiger partial charge < -0.3 is 10.2 Å². The number of carbonyl (C=O) groups is 1. The molecule has 0 aliphatic carbocycles. The summed E-state index contributed by atoms with van der Waals surface area (Å²) in [6.45, 7) is 9.87. The summed E-state index contributed by atoms with van der Waals surface area (Å²) in [5, 5.41) is 17.5. The summed E-state index contributed by atoms with van der Waals surface area (Å²) in [6.07, 6.45) is 2.40. The van der Waals surface area contributed by atoms with Gasteiger partial charge in [0.25, 0.3) is 0 Å². The number of aromatic nitrogens is 2. The van der Waals surface area contributed by atoms with Gasteiger partial charge in [0.05, 0.1) is 11.5 Å². The summed E-state index contributed by atoms with van der Waals surface area (Å²) in [5.41, 5.74) is 0.457. The number of nitrogens with one attached hydrogen (secondary N) is 1. The maximum absolute atomic E-state index is 11.8. The fourth-order valence-corrected chi connectivity index (χ4v) is 2.21. The number of amides is 1. The molecule has 0 bridgehead atoms. The van der Waals surface area contributed by atoms with Crippen LogP contribution >= 0.6 is 0 Å². The monoisotopic (exact) mass is 311 g/mol. The van der Waals surface area contributed by atoms with Gasteiger partial charge in [0.15, 0.2) is 0 Å². The van der Waals surface area contributed by atoms with Gasteiger partial charge >= 0.3 is 5.69 Å². The van der Waals surface area contributed by atoms with Crippen LogP contribution in [0.25, 0.3) is 0 Å². The summed E-state index contributed by atoms with van der Waals surface area (Å²) in [5.74, 6) is -0.0582. The lowest BCUT2D eigenvalue weighted by molar-refractivity contribution is -0.385. The molecule has 0 radical (unpaired) electrons. The summed E-state index contributed by atoms with van der Waals surface area (Å²) in [6, 6.07) is 0. The summed E-state index contributed by atoms with van der Waals surface area (Å²) in [4.78, 5) is 24.3. The van der Waals surface area contributed by atoms with Crippen molar-refractivity contribution in [1.82, 2.24) is 20.0 Å². The van der Waals surface area contributed by atoms with Crippen molar-refractivity contribution >= 4 is 11.6 Å². The number of nitro groups is 1. The molecule has 1 N–H and O–H groups in total. The SMILES string of the molecule is CCN(CC)CCCNC(=O)CCn1ncc([N+](=O)[O-])c1C. The minimum absolute atomic E-state index is 0.0142. The van der Waals surface area contributed by atoms with E-state index >= 15 is 0 Å². The fraction of sp³-hybridized carbons (Fsp3) is 0.714. The van der Waals surface area contributed by atoms with Crippen molar-refractivity contribution in [3.8, 4) is 0 Å². The number of aryl methyl sites for hydroxylation is 1. The minimum Gasteiger partial charge on any atom is -0.356 e. The highest BCUT2D eigenvalue weighted by molar-refractivity contribution is 5.75. The van der Waals surface area contributed by atoms with Gasteiger partial charge in [-0.15, -0.1) is 0 Å². The van der Waals surface area contributed by atoms with Gasteiger partial charge in [-0.1, -0.05) is 13.8 Å². The van der Waals surface area contributed by atoms with Crippen LogP contribution in [0.1, 0.15) is 32.4 Å². The molecule has 1 rings (SSSR count). The van der Waals surface area contributed by atoms with E-state index in [0.29, 0.717) is 18.8 Å². The van der Waals surface area contributed by atoms with Gasteiger partial charge in [0.2, 0.25) is 5.91 Å². The Morgan fingerprint density at radius 3 is 2.68 bits per heavy atom. The van der Waals surface area contributed by atoms with E-state index in [1.807, 2.05) is 0 Å². The molecule has 0 fully saturated rings. The van der Waals surface area contributed by atoms with Crippen molar-refractivity contribution < 1.29 is 9.72 Å². The predicted octanol–water partition coefficient (Wildman–Crippen LogP) is 1.34. The van der Waals surface area contributed by atoms with Crippen LogP contribution in [0.2, 0.25) is 0 Å². The molecule has 124 valence electrons. The largest absolute Gasteiger partial charge is 0.356 e. The third-order valence-electron chi connectivity index (χ3n) is 3.69. The van der Waals surface area contributed by atoms with E-state index < -0.39 is 4.92 Å². The topological polar surface area (TPSA) is 93.3 Å². The molecule has 0 aliphatic rings. The molecular weight excluding hydrogens is 286 g/mol. The molecule has 0 saturated heterocycles. The minimum atomic E-state index is -0.466. The van der Waals surface area contributed by atoms with Gasteiger partial charge in [-0.25, -0.2) is 0 Å². The van der Waals surface area contributed by atoms with E-state index in [9.17, 15) is 14.9 Å². The first-order valence-corrected chi connectivity index (χ1v) is 7.65. The Hall–Kier alpha value is -1.96. The molecule has 0 saturated carbocycles. The van der Waals surface area contributed by atoms with Crippen LogP contribution in [0.3, 0.4) is 0 Å². The zero-order valence-electron chi connectivity index (χ0n) is 13.5. The Labute approximate surface area is 130 Å². The maximum atomic E-state index is 11.8. The summed E-state index contributed by atoms with van der Waals surface area (Å²) >= 11 is 0. The lowest BCUT2D eigenvalue weighted by Gasteiger charge is -2.17. The van der Waals surface area contributed by atoms with Crippen molar-refractivity contribution in [3.63, 3.8) is 0 Å². The first kappa shape index (κ1) is 18.1. The van der Waals surface area contributed by atoms with E-state index in [2.05, 4.69) is 29.2 Å². The third-order valence-corrected chi connectivity index (χ3v) is 3.69. The number of carbonyl (C=O) groups excluding carboxylic acids is 1. The second kappa shape index (κ2) is 9.14. The zero-order chi connectivity index (χ0) is 16.5. The molecule has 0 aliphatic heterocycles. The van der Waals surface area contributed by atoms with E-state index in [1.54, 1.807) is 6.92 Å². The van der Waals surface area contributed by atoms with E-state index in [4.69, 9.17) is 0 Å². The molecule has 8 nitrogen and oxygen atoms in total. The number of nitrogens with zero attached hydrogens (tertiary/aromatic N) is 4.